The van der Waals surface area contributed by atoms with E-state index in [1.54, 1.807) is 0 Å². The topological polar surface area (TPSA) is 37.3 Å². The summed E-state index contributed by atoms with van der Waals surface area (Å²) in [6.07, 6.45) is 1.93. The average molecular weight is 214 g/mol. The van der Waals surface area contributed by atoms with Gasteiger partial charge in [0.1, 0.15) is 0 Å². The molecule has 0 aliphatic carbocycles. The van der Waals surface area contributed by atoms with Crippen molar-refractivity contribution in [3.8, 4) is 0 Å². The fraction of sp³-hybridized carbons (Fsp3) is 0.889. The molecule has 2 nitrogen and oxygen atoms in total. The zero-order valence-corrected chi connectivity index (χ0v) is 8.52. The molecule has 0 aliphatic heterocycles. The van der Waals surface area contributed by atoms with Gasteiger partial charge in [-0.25, -0.2) is 4.79 Å². The SMILES string of the molecule is CCCCCCC.O=C(O)C(F)(F)F. The molecule has 0 heterocycles. The molecule has 0 aliphatic rings. The summed E-state index contributed by atoms with van der Waals surface area (Å²) in [5, 5.41) is 7.12. The first-order chi connectivity index (χ1) is 6.36. The normalized spacial score (nSPS) is 10.4. The van der Waals surface area contributed by atoms with Gasteiger partial charge in [0.2, 0.25) is 0 Å². The molecular formula is C9H17F3O2. The lowest BCUT2D eigenvalue weighted by atomic mass is 10.2. The molecule has 0 spiro atoms. The molecule has 86 valence electrons. The second-order valence-corrected chi connectivity index (χ2v) is 2.86. The Balaban J connectivity index is 0. The van der Waals surface area contributed by atoms with Crippen LogP contribution in [0.5, 0.6) is 0 Å². The molecule has 0 radical (unpaired) electrons. The minimum absolute atomic E-state index is 1.36. The molecule has 0 aromatic heterocycles. The lowest BCUT2D eigenvalue weighted by molar-refractivity contribution is -0.192. The van der Waals surface area contributed by atoms with E-state index < -0.39 is 12.1 Å². The lowest BCUT2D eigenvalue weighted by Crippen LogP contribution is -2.21. The maximum Gasteiger partial charge on any atom is 0.490 e. The maximum atomic E-state index is 10.6. The summed E-state index contributed by atoms with van der Waals surface area (Å²) in [7, 11) is 0. The summed E-state index contributed by atoms with van der Waals surface area (Å²) >= 11 is 0. The third-order valence-corrected chi connectivity index (χ3v) is 1.45. The second kappa shape index (κ2) is 8.84. The molecule has 0 saturated carbocycles. The van der Waals surface area contributed by atoms with E-state index in [0.29, 0.717) is 0 Å². The van der Waals surface area contributed by atoms with Gasteiger partial charge in [0, 0.05) is 0 Å². The Bertz CT molecular complexity index is 139. The molecule has 0 fully saturated rings. The highest BCUT2D eigenvalue weighted by Crippen LogP contribution is 2.13. The van der Waals surface area contributed by atoms with Crippen LogP contribution in [0.1, 0.15) is 46.0 Å². The number of hydrogen-bond donors (Lipinski definition) is 1. The third kappa shape index (κ3) is 13.8. The molecule has 0 unspecified atom stereocenters. The van der Waals surface area contributed by atoms with Gasteiger partial charge in [-0.1, -0.05) is 46.0 Å². The predicted octanol–water partition coefficient (Wildman–Crippen LogP) is 3.61. The van der Waals surface area contributed by atoms with Gasteiger partial charge in [0.15, 0.2) is 0 Å². The number of aliphatic carboxylic acids is 1. The average Bonchev–Trinajstić information content (AvgIpc) is 2.05. The first-order valence-electron chi connectivity index (χ1n) is 4.66. The maximum absolute atomic E-state index is 10.6. The molecule has 0 rings (SSSR count). The van der Waals surface area contributed by atoms with Crippen molar-refractivity contribution in [3.63, 3.8) is 0 Å². The van der Waals surface area contributed by atoms with Crippen LogP contribution in [0.3, 0.4) is 0 Å². The van der Waals surface area contributed by atoms with Crippen molar-refractivity contribution in [1.82, 2.24) is 0 Å². The largest absolute Gasteiger partial charge is 0.490 e. The van der Waals surface area contributed by atoms with E-state index >= 15 is 0 Å². The molecule has 0 bridgehead atoms. The van der Waals surface area contributed by atoms with Gasteiger partial charge < -0.3 is 5.11 Å². The highest BCUT2D eigenvalue weighted by molar-refractivity contribution is 5.73. The minimum Gasteiger partial charge on any atom is -0.475 e. The fourth-order valence-electron chi connectivity index (χ4n) is 0.677. The number of hydrogen-bond acceptors (Lipinski definition) is 1. The molecule has 5 heteroatoms. The smallest absolute Gasteiger partial charge is 0.475 e. The molecule has 14 heavy (non-hydrogen) atoms. The number of halogens is 3. The van der Waals surface area contributed by atoms with Crippen molar-refractivity contribution in [1.29, 1.82) is 0 Å². The Hall–Kier alpha value is -0.740. The zero-order valence-electron chi connectivity index (χ0n) is 8.52. The van der Waals surface area contributed by atoms with Crippen molar-refractivity contribution in [2.75, 3.05) is 0 Å². The Kier molecular flexibility index (Phi) is 9.93. The molecule has 0 atom stereocenters. The van der Waals surface area contributed by atoms with E-state index in [4.69, 9.17) is 9.90 Å². The number of carbonyl (C=O) groups is 1. The van der Waals surface area contributed by atoms with Crippen LogP contribution in [0.15, 0.2) is 0 Å². The van der Waals surface area contributed by atoms with Crippen LogP contribution in [-0.4, -0.2) is 17.3 Å². The van der Waals surface area contributed by atoms with E-state index in [2.05, 4.69) is 13.8 Å². The van der Waals surface area contributed by atoms with E-state index in [0.717, 1.165) is 0 Å². The van der Waals surface area contributed by atoms with Gasteiger partial charge in [-0.3, -0.25) is 0 Å². The van der Waals surface area contributed by atoms with Gasteiger partial charge in [0.25, 0.3) is 0 Å². The summed E-state index contributed by atoms with van der Waals surface area (Å²) in [6.45, 7) is 4.49. The monoisotopic (exact) mass is 214 g/mol. The molecule has 0 aromatic rings. The summed E-state index contributed by atoms with van der Waals surface area (Å²) in [5.41, 5.74) is 0. The first-order valence-corrected chi connectivity index (χ1v) is 4.66. The number of carboxylic acid groups (broad SMARTS) is 1. The minimum atomic E-state index is -5.08. The number of carboxylic acids is 1. The Morgan fingerprint density at radius 2 is 1.36 bits per heavy atom. The predicted molar refractivity (Wildman–Crippen MR) is 48.1 cm³/mol. The van der Waals surface area contributed by atoms with Crippen LogP contribution >= 0.6 is 0 Å². The van der Waals surface area contributed by atoms with Crippen LogP contribution in [-0.2, 0) is 4.79 Å². The van der Waals surface area contributed by atoms with E-state index in [1.807, 2.05) is 0 Å². The molecule has 1 N–H and O–H groups in total. The highest BCUT2D eigenvalue weighted by atomic mass is 19.4. The van der Waals surface area contributed by atoms with Crippen molar-refractivity contribution in [3.05, 3.63) is 0 Å². The summed E-state index contributed by atoms with van der Waals surface area (Å²) in [5.74, 6) is -2.76. The summed E-state index contributed by atoms with van der Waals surface area (Å²) < 4.78 is 31.7. The van der Waals surface area contributed by atoms with Gasteiger partial charge in [-0.15, -0.1) is 0 Å². The van der Waals surface area contributed by atoms with Gasteiger partial charge in [-0.05, 0) is 0 Å². The number of alkyl halides is 3. The lowest BCUT2D eigenvalue weighted by Gasteiger charge is -1.93. The van der Waals surface area contributed by atoms with Crippen molar-refractivity contribution >= 4 is 5.97 Å². The van der Waals surface area contributed by atoms with Crippen molar-refractivity contribution < 1.29 is 23.1 Å². The van der Waals surface area contributed by atoms with Crippen molar-refractivity contribution in [2.24, 2.45) is 0 Å². The molecule has 0 amide bonds. The van der Waals surface area contributed by atoms with Crippen LogP contribution in [0.4, 0.5) is 13.2 Å². The van der Waals surface area contributed by atoms with Gasteiger partial charge in [-0.2, -0.15) is 13.2 Å². The van der Waals surface area contributed by atoms with Crippen molar-refractivity contribution in [2.45, 2.75) is 52.1 Å². The Morgan fingerprint density at radius 3 is 1.50 bits per heavy atom. The second-order valence-electron chi connectivity index (χ2n) is 2.86. The molecule has 0 aromatic carbocycles. The first kappa shape index (κ1) is 15.7. The van der Waals surface area contributed by atoms with E-state index in [1.165, 1.54) is 32.1 Å². The summed E-state index contributed by atoms with van der Waals surface area (Å²) in [6, 6.07) is 0. The Labute approximate surface area is 82.1 Å². The molecule has 0 saturated heterocycles. The third-order valence-electron chi connectivity index (χ3n) is 1.45. The standard InChI is InChI=1S/C7H16.C2HF3O2/c1-3-5-7-6-4-2;3-2(4,5)1(6)7/h3-7H2,1-2H3;(H,6,7). The molecular weight excluding hydrogens is 197 g/mol. The number of rotatable bonds is 4. The highest BCUT2D eigenvalue weighted by Gasteiger charge is 2.38. The van der Waals surface area contributed by atoms with Crippen LogP contribution in [0, 0.1) is 0 Å². The van der Waals surface area contributed by atoms with Gasteiger partial charge >= 0.3 is 12.1 Å². The van der Waals surface area contributed by atoms with Crippen LogP contribution < -0.4 is 0 Å². The fourth-order valence-corrected chi connectivity index (χ4v) is 0.677. The zero-order chi connectivity index (χ0) is 11.6. The number of unbranched alkanes of at least 4 members (excludes halogenated alkanes) is 4. The summed E-state index contributed by atoms with van der Waals surface area (Å²) in [4.78, 5) is 8.90. The Morgan fingerprint density at radius 1 is 1.07 bits per heavy atom. The quantitative estimate of drug-likeness (QED) is 0.726. The van der Waals surface area contributed by atoms with Crippen LogP contribution in [0.25, 0.3) is 0 Å². The van der Waals surface area contributed by atoms with E-state index in [9.17, 15) is 13.2 Å². The van der Waals surface area contributed by atoms with Crippen LogP contribution in [0.2, 0.25) is 0 Å². The van der Waals surface area contributed by atoms with Gasteiger partial charge in [0.05, 0.1) is 0 Å². The van der Waals surface area contributed by atoms with E-state index in [-0.39, 0.29) is 0 Å².